The standard InChI is InChI=1S/C28H33N7O7/c1-3-30-26(38)23-21(36)22(37)27(42-23)35-15-31-20-24(29)32-19(33-25(20)35)6-4-5-16-11-13-34(14-12-16)28(39)41-18-9-7-17(40-2)8-10-18/h7-10,15-16,21-23,27,36-37H,3,5,11-14H2,1-2H3,(H,30,38)(H2,29,32,33)/t21-,22+,23?,27?/m1/s1. The normalized spacial score (nSPS) is 22.4. The molecule has 1 aromatic carbocycles. The van der Waals surface area contributed by atoms with Gasteiger partial charge < -0.3 is 40.4 Å². The van der Waals surface area contributed by atoms with Gasteiger partial charge >= 0.3 is 6.09 Å². The zero-order valence-electron chi connectivity index (χ0n) is 23.3. The number of imidazole rings is 1. The summed E-state index contributed by atoms with van der Waals surface area (Å²) in [5, 5.41) is 23.6. The molecule has 0 bridgehead atoms. The van der Waals surface area contributed by atoms with Crippen LogP contribution < -0.4 is 20.5 Å². The molecule has 3 aromatic rings. The van der Waals surface area contributed by atoms with Crippen molar-refractivity contribution in [3.8, 4) is 23.3 Å². The first kappa shape index (κ1) is 29.1. The Kier molecular flexibility index (Phi) is 8.72. The van der Waals surface area contributed by atoms with Crippen molar-refractivity contribution in [3.63, 3.8) is 0 Å². The summed E-state index contributed by atoms with van der Waals surface area (Å²) in [6, 6.07) is 6.84. The number of nitrogens with zero attached hydrogens (tertiary/aromatic N) is 5. The molecule has 4 heterocycles. The van der Waals surface area contributed by atoms with E-state index in [2.05, 4.69) is 32.1 Å². The van der Waals surface area contributed by atoms with E-state index in [0.29, 0.717) is 37.6 Å². The molecule has 42 heavy (non-hydrogen) atoms. The molecule has 2 saturated heterocycles. The van der Waals surface area contributed by atoms with Crippen molar-refractivity contribution in [2.45, 2.75) is 50.7 Å². The number of fused-ring (bicyclic) bond motifs is 1. The molecule has 2 aromatic heterocycles. The maximum absolute atomic E-state index is 12.5. The fourth-order valence-electron chi connectivity index (χ4n) is 4.96. The molecular formula is C28H33N7O7. The number of aliphatic hydroxyl groups excluding tert-OH is 2. The molecule has 0 radical (unpaired) electrons. The molecule has 14 nitrogen and oxygen atoms in total. The molecule has 14 heteroatoms. The summed E-state index contributed by atoms with van der Waals surface area (Å²) in [4.78, 5) is 39.4. The predicted molar refractivity (Wildman–Crippen MR) is 149 cm³/mol. The largest absolute Gasteiger partial charge is 0.497 e. The molecule has 5 N–H and O–H groups in total. The summed E-state index contributed by atoms with van der Waals surface area (Å²) < 4.78 is 17.7. The van der Waals surface area contributed by atoms with Crippen LogP contribution in [-0.2, 0) is 9.53 Å². The number of aromatic nitrogens is 4. The lowest BCUT2D eigenvalue weighted by Gasteiger charge is -2.30. The van der Waals surface area contributed by atoms with Crippen LogP contribution in [0.1, 0.15) is 38.2 Å². The second-order valence-corrected chi connectivity index (χ2v) is 10.1. The van der Waals surface area contributed by atoms with Gasteiger partial charge in [0.2, 0.25) is 5.82 Å². The van der Waals surface area contributed by atoms with E-state index in [0.717, 1.165) is 12.8 Å². The molecule has 0 aliphatic carbocycles. The smallest absolute Gasteiger partial charge is 0.415 e. The molecule has 4 atom stereocenters. The number of aliphatic hydroxyl groups is 2. The molecule has 0 saturated carbocycles. The number of hydrogen-bond donors (Lipinski definition) is 4. The van der Waals surface area contributed by atoms with E-state index in [-0.39, 0.29) is 34.8 Å². The van der Waals surface area contributed by atoms with E-state index >= 15 is 0 Å². The number of carbonyl (C=O) groups excluding carboxylic acids is 2. The Bertz CT molecular complexity index is 1490. The van der Waals surface area contributed by atoms with Crippen molar-refractivity contribution >= 4 is 29.0 Å². The van der Waals surface area contributed by atoms with Crippen molar-refractivity contribution in [1.29, 1.82) is 0 Å². The SMILES string of the molecule is CCNC(=O)C1OC(n2cnc3c(N)nc(C#CCC4CCN(C(=O)Oc5ccc(OC)cc5)CC4)nc32)[C@@H](O)[C@H]1O. The van der Waals surface area contributed by atoms with Gasteiger partial charge in [0.05, 0.1) is 13.4 Å². The third-order valence-electron chi connectivity index (χ3n) is 7.30. The number of nitrogen functional groups attached to an aromatic ring is 1. The molecule has 2 unspecified atom stereocenters. The minimum atomic E-state index is -1.44. The van der Waals surface area contributed by atoms with Gasteiger partial charge in [-0.1, -0.05) is 5.92 Å². The Morgan fingerprint density at radius 2 is 1.86 bits per heavy atom. The van der Waals surface area contributed by atoms with Gasteiger partial charge in [-0.2, -0.15) is 0 Å². The number of hydrogen-bond acceptors (Lipinski definition) is 11. The second-order valence-electron chi connectivity index (χ2n) is 10.1. The fraction of sp³-hybridized carbons (Fsp3) is 0.464. The number of nitrogens with two attached hydrogens (primary N) is 1. The van der Waals surface area contributed by atoms with E-state index in [9.17, 15) is 19.8 Å². The Hall–Kier alpha value is -4.45. The molecular weight excluding hydrogens is 546 g/mol. The Balaban J connectivity index is 1.20. The number of ether oxygens (including phenoxy) is 3. The van der Waals surface area contributed by atoms with E-state index in [1.807, 2.05) is 0 Å². The molecule has 0 spiro atoms. The lowest BCUT2D eigenvalue weighted by molar-refractivity contribution is -0.137. The summed E-state index contributed by atoms with van der Waals surface area (Å²) >= 11 is 0. The fourth-order valence-corrected chi connectivity index (χ4v) is 4.96. The van der Waals surface area contributed by atoms with E-state index in [1.165, 1.54) is 10.9 Å². The maximum Gasteiger partial charge on any atom is 0.415 e. The Morgan fingerprint density at radius 3 is 2.55 bits per heavy atom. The first-order valence-electron chi connectivity index (χ1n) is 13.7. The monoisotopic (exact) mass is 579 g/mol. The maximum atomic E-state index is 12.5. The molecule has 2 aliphatic heterocycles. The number of amides is 2. The second kappa shape index (κ2) is 12.6. The molecule has 5 rings (SSSR count). The number of benzene rings is 1. The van der Waals surface area contributed by atoms with Crippen LogP contribution in [0.25, 0.3) is 11.2 Å². The number of rotatable bonds is 6. The number of nitrogens with one attached hydrogen (secondary N) is 1. The van der Waals surface area contributed by atoms with Crippen molar-refractivity contribution in [2.75, 3.05) is 32.5 Å². The van der Waals surface area contributed by atoms with Crippen molar-refractivity contribution in [2.24, 2.45) is 5.92 Å². The zero-order valence-corrected chi connectivity index (χ0v) is 23.3. The topological polar surface area (TPSA) is 187 Å². The highest BCUT2D eigenvalue weighted by Crippen LogP contribution is 2.32. The van der Waals surface area contributed by atoms with Crippen LogP contribution in [0.4, 0.5) is 10.6 Å². The number of likely N-dealkylation sites (N-methyl/N-ethyl adjacent to an activating group) is 1. The van der Waals surface area contributed by atoms with Crippen LogP contribution in [0.15, 0.2) is 30.6 Å². The summed E-state index contributed by atoms with van der Waals surface area (Å²) in [5.41, 5.74) is 6.64. The molecule has 222 valence electrons. The Labute approximate surface area is 241 Å². The number of likely N-dealkylation sites (tertiary alicyclic amines) is 1. The number of piperidine rings is 1. The molecule has 2 amide bonds. The first-order valence-corrected chi connectivity index (χ1v) is 13.7. The number of anilines is 1. The lowest BCUT2D eigenvalue weighted by atomic mass is 9.94. The van der Waals surface area contributed by atoms with Gasteiger partial charge in [0, 0.05) is 26.1 Å². The van der Waals surface area contributed by atoms with Gasteiger partial charge in [-0.05, 0) is 55.9 Å². The van der Waals surface area contributed by atoms with Crippen molar-refractivity contribution < 1.29 is 34.0 Å². The summed E-state index contributed by atoms with van der Waals surface area (Å²) in [6.45, 7) is 3.21. The van der Waals surface area contributed by atoms with Gasteiger partial charge in [-0.15, -0.1) is 0 Å². The summed E-state index contributed by atoms with van der Waals surface area (Å²) in [5.74, 6) is 7.21. The van der Waals surface area contributed by atoms with Gasteiger partial charge in [0.15, 0.2) is 23.8 Å². The third-order valence-corrected chi connectivity index (χ3v) is 7.30. The highest BCUT2D eigenvalue weighted by molar-refractivity contribution is 5.83. The van der Waals surface area contributed by atoms with Gasteiger partial charge in [0.1, 0.15) is 29.2 Å². The van der Waals surface area contributed by atoms with E-state index in [1.54, 1.807) is 43.2 Å². The molecule has 2 fully saturated rings. The lowest BCUT2D eigenvalue weighted by Crippen LogP contribution is -2.42. The van der Waals surface area contributed by atoms with Crippen LogP contribution in [0.3, 0.4) is 0 Å². The highest BCUT2D eigenvalue weighted by Gasteiger charge is 2.47. The van der Waals surface area contributed by atoms with E-state index in [4.69, 9.17) is 19.9 Å². The van der Waals surface area contributed by atoms with Gasteiger partial charge in [-0.25, -0.2) is 19.7 Å². The molecule has 2 aliphatic rings. The van der Waals surface area contributed by atoms with Crippen LogP contribution >= 0.6 is 0 Å². The van der Waals surface area contributed by atoms with Gasteiger partial charge in [-0.3, -0.25) is 9.36 Å². The summed E-state index contributed by atoms with van der Waals surface area (Å²) in [7, 11) is 1.57. The third kappa shape index (κ3) is 6.08. The van der Waals surface area contributed by atoms with Crippen molar-refractivity contribution in [3.05, 3.63) is 36.4 Å². The minimum absolute atomic E-state index is 0.0973. The average molecular weight is 580 g/mol. The van der Waals surface area contributed by atoms with Crippen LogP contribution in [0.5, 0.6) is 11.5 Å². The zero-order chi connectivity index (χ0) is 29.8. The first-order chi connectivity index (χ1) is 20.3. The van der Waals surface area contributed by atoms with Crippen molar-refractivity contribution in [1.82, 2.24) is 29.7 Å². The average Bonchev–Trinajstić information content (AvgIpc) is 3.54. The minimum Gasteiger partial charge on any atom is -0.497 e. The summed E-state index contributed by atoms with van der Waals surface area (Å²) in [6.07, 6.45) is -2.12. The quantitative estimate of drug-likeness (QED) is 0.303. The number of methoxy groups -OCH3 is 1. The van der Waals surface area contributed by atoms with Gasteiger partial charge in [0.25, 0.3) is 5.91 Å². The van der Waals surface area contributed by atoms with E-state index < -0.39 is 30.4 Å². The number of carbonyl (C=O) groups is 2. The van der Waals surface area contributed by atoms with Crippen LogP contribution in [0, 0.1) is 17.8 Å². The Morgan fingerprint density at radius 1 is 1.14 bits per heavy atom. The van der Waals surface area contributed by atoms with Crippen LogP contribution in [-0.4, -0.2) is 91.7 Å². The van der Waals surface area contributed by atoms with Crippen LogP contribution in [0.2, 0.25) is 0 Å². The predicted octanol–water partition coefficient (Wildman–Crippen LogP) is 0.825. The highest BCUT2D eigenvalue weighted by atomic mass is 16.6.